The Balaban J connectivity index is 1.50. The molecule has 2 aliphatic carbocycles. The zero-order valence-electron chi connectivity index (χ0n) is 20.3. The molecule has 3 aliphatic rings. The second-order valence-corrected chi connectivity index (χ2v) is 10.6. The summed E-state index contributed by atoms with van der Waals surface area (Å²) in [6.45, 7) is 4.10. The Labute approximate surface area is 211 Å². The molecule has 3 atom stereocenters. The fourth-order valence-corrected chi connectivity index (χ4v) is 6.16. The predicted octanol–water partition coefficient (Wildman–Crippen LogP) is 5.19. The number of hydrogen-bond acceptors (Lipinski definition) is 6. The summed E-state index contributed by atoms with van der Waals surface area (Å²) in [6, 6.07) is 11.8. The zero-order valence-corrected chi connectivity index (χ0v) is 21.1. The zero-order chi connectivity index (χ0) is 24.6. The number of anilines is 1. The summed E-state index contributed by atoms with van der Waals surface area (Å²) in [5, 5.41) is 0.765. The third kappa shape index (κ3) is 4.73. The maximum absolute atomic E-state index is 12.3. The van der Waals surface area contributed by atoms with Gasteiger partial charge in [-0.1, -0.05) is 17.7 Å². The van der Waals surface area contributed by atoms with Crippen molar-refractivity contribution in [2.45, 2.75) is 44.4 Å². The summed E-state index contributed by atoms with van der Waals surface area (Å²) in [6.07, 6.45) is 5.27. The molecule has 3 unspecified atom stereocenters. The molecule has 1 saturated carbocycles. The van der Waals surface area contributed by atoms with Crippen LogP contribution in [0.1, 0.15) is 54.1 Å². The van der Waals surface area contributed by atoms with E-state index in [-0.39, 0.29) is 17.4 Å². The molecule has 1 aliphatic heterocycles. The summed E-state index contributed by atoms with van der Waals surface area (Å²) >= 11 is 6.34. The highest BCUT2D eigenvalue weighted by atomic mass is 35.5. The number of hydrogen-bond donors (Lipinski definition) is 0. The van der Waals surface area contributed by atoms with Crippen molar-refractivity contribution in [3.05, 3.63) is 58.1 Å². The number of carbonyl (C=O) groups is 2. The van der Waals surface area contributed by atoms with Crippen LogP contribution >= 0.6 is 11.6 Å². The maximum atomic E-state index is 12.3. The van der Waals surface area contributed by atoms with Gasteiger partial charge in [0.25, 0.3) is 0 Å². The molecule has 0 radical (unpaired) electrons. The Morgan fingerprint density at radius 3 is 2.74 bits per heavy atom. The van der Waals surface area contributed by atoms with E-state index in [4.69, 9.17) is 25.8 Å². The number of halogens is 1. The molecule has 1 heterocycles. The monoisotopic (exact) mass is 497 g/mol. The number of carbonyl (C=O) groups excluding carboxylic acids is 2. The van der Waals surface area contributed by atoms with Crippen molar-refractivity contribution in [2.24, 2.45) is 11.8 Å². The molecule has 35 heavy (non-hydrogen) atoms. The molecular weight excluding hydrogens is 466 g/mol. The van der Waals surface area contributed by atoms with Gasteiger partial charge in [-0.3, -0.25) is 4.79 Å². The normalized spacial score (nSPS) is 24.9. The number of benzene rings is 2. The Hall–Kier alpha value is -2.73. The van der Waals surface area contributed by atoms with Crippen molar-refractivity contribution in [3.63, 3.8) is 0 Å². The van der Waals surface area contributed by atoms with Crippen LogP contribution in [0.4, 0.5) is 5.69 Å². The van der Waals surface area contributed by atoms with Gasteiger partial charge in [-0.05, 0) is 85.4 Å². The van der Waals surface area contributed by atoms with Gasteiger partial charge >= 0.3 is 11.9 Å². The number of fused-ring (bicyclic) bond motifs is 3. The van der Waals surface area contributed by atoms with Gasteiger partial charge < -0.3 is 19.1 Å². The summed E-state index contributed by atoms with van der Waals surface area (Å²) in [5.41, 5.74) is 3.87. The van der Waals surface area contributed by atoms with Crippen LogP contribution in [-0.2, 0) is 26.1 Å². The summed E-state index contributed by atoms with van der Waals surface area (Å²) in [7, 11) is 1.40. The molecule has 0 bridgehead atoms. The van der Waals surface area contributed by atoms with Crippen LogP contribution in [0.15, 0.2) is 36.4 Å². The molecule has 6 nitrogen and oxygen atoms in total. The average Bonchev–Trinajstić information content (AvgIpc) is 2.98. The van der Waals surface area contributed by atoms with Gasteiger partial charge in [0, 0.05) is 30.5 Å². The second-order valence-electron chi connectivity index (χ2n) is 10.2. The fourth-order valence-electron chi connectivity index (χ4n) is 5.96. The van der Waals surface area contributed by atoms with E-state index < -0.39 is 0 Å². The van der Waals surface area contributed by atoms with Gasteiger partial charge in [-0.25, -0.2) is 4.79 Å². The number of esters is 2. The second kappa shape index (κ2) is 9.73. The van der Waals surface area contributed by atoms with Crippen molar-refractivity contribution in [1.82, 2.24) is 0 Å². The first-order chi connectivity index (χ1) is 16.9. The van der Waals surface area contributed by atoms with E-state index in [0.717, 1.165) is 61.7 Å². The van der Waals surface area contributed by atoms with Gasteiger partial charge in [-0.15, -0.1) is 0 Å². The molecule has 7 heteroatoms. The van der Waals surface area contributed by atoms with E-state index in [2.05, 4.69) is 17.0 Å². The Morgan fingerprint density at radius 1 is 1.17 bits per heavy atom. The average molecular weight is 498 g/mol. The third-order valence-electron chi connectivity index (χ3n) is 7.99. The SMILES string of the molecule is COC(=O)c1ccc2c(c1)N(CC1CCC1COC(C)=O)CC1(CCCc3cc(Cl)ccc31)CO2. The Morgan fingerprint density at radius 2 is 2.00 bits per heavy atom. The largest absolute Gasteiger partial charge is 0.490 e. The molecule has 2 aromatic rings. The van der Waals surface area contributed by atoms with E-state index in [1.54, 1.807) is 6.07 Å². The van der Waals surface area contributed by atoms with Gasteiger partial charge in [0.2, 0.25) is 0 Å². The van der Waals surface area contributed by atoms with Crippen LogP contribution in [0.2, 0.25) is 5.02 Å². The van der Waals surface area contributed by atoms with Crippen LogP contribution in [0.5, 0.6) is 5.75 Å². The molecule has 0 amide bonds. The first kappa shape index (κ1) is 24.0. The molecule has 186 valence electrons. The molecular formula is C28H32ClNO5. The highest BCUT2D eigenvalue weighted by Crippen LogP contribution is 2.46. The number of aryl methyl sites for hydroxylation is 1. The van der Waals surface area contributed by atoms with Crippen LogP contribution in [0.3, 0.4) is 0 Å². The van der Waals surface area contributed by atoms with Gasteiger partial charge in [-0.2, -0.15) is 0 Å². The van der Waals surface area contributed by atoms with Crippen molar-refractivity contribution in [2.75, 3.05) is 38.3 Å². The third-order valence-corrected chi connectivity index (χ3v) is 8.22. The van der Waals surface area contributed by atoms with Crippen molar-refractivity contribution in [1.29, 1.82) is 0 Å². The standard InChI is InChI=1S/C28H32ClNO5/c1-18(31)34-15-22-6-5-21(22)14-30-16-28(11-3-4-19-12-23(29)8-9-24(19)28)17-35-26-10-7-20(13-25(26)30)27(32)33-2/h7-10,12-13,21-22H,3-6,11,14-17H2,1-2H3. The van der Waals surface area contributed by atoms with Gasteiger partial charge in [0.15, 0.2) is 0 Å². The highest BCUT2D eigenvalue weighted by Gasteiger charge is 2.43. The number of methoxy groups -OCH3 is 1. The van der Waals surface area contributed by atoms with Gasteiger partial charge in [0.05, 0.1) is 31.6 Å². The lowest BCUT2D eigenvalue weighted by atomic mass is 9.69. The molecule has 5 rings (SSSR count). The first-order valence-electron chi connectivity index (χ1n) is 12.4. The molecule has 0 aromatic heterocycles. The lowest BCUT2D eigenvalue weighted by Gasteiger charge is -2.44. The predicted molar refractivity (Wildman–Crippen MR) is 134 cm³/mol. The lowest BCUT2D eigenvalue weighted by Crippen LogP contribution is -2.48. The van der Waals surface area contributed by atoms with Crippen LogP contribution in [0, 0.1) is 11.8 Å². The highest BCUT2D eigenvalue weighted by molar-refractivity contribution is 6.30. The topological polar surface area (TPSA) is 65.1 Å². The quantitative estimate of drug-likeness (QED) is 0.530. The van der Waals surface area contributed by atoms with E-state index in [1.807, 2.05) is 18.2 Å². The van der Waals surface area contributed by atoms with E-state index in [9.17, 15) is 9.59 Å². The van der Waals surface area contributed by atoms with E-state index >= 15 is 0 Å². The van der Waals surface area contributed by atoms with E-state index in [0.29, 0.717) is 30.6 Å². The first-order valence-corrected chi connectivity index (χ1v) is 12.8. The minimum atomic E-state index is -0.360. The summed E-state index contributed by atoms with van der Waals surface area (Å²) < 4.78 is 16.8. The summed E-state index contributed by atoms with van der Waals surface area (Å²) in [4.78, 5) is 26.1. The van der Waals surface area contributed by atoms with Crippen LogP contribution in [0.25, 0.3) is 0 Å². The van der Waals surface area contributed by atoms with Crippen LogP contribution in [-0.4, -0.2) is 45.4 Å². The molecule has 0 saturated heterocycles. The fraction of sp³-hybridized carbons (Fsp3) is 0.500. The minimum absolute atomic E-state index is 0.169. The van der Waals surface area contributed by atoms with Crippen molar-refractivity contribution >= 4 is 29.2 Å². The maximum Gasteiger partial charge on any atom is 0.337 e. The van der Waals surface area contributed by atoms with Crippen molar-refractivity contribution < 1.29 is 23.8 Å². The lowest BCUT2D eigenvalue weighted by molar-refractivity contribution is -0.144. The molecule has 0 N–H and O–H groups in total. The van der Waals surface area contributed by atoms with Crippen molar-refractivity contribution in [3.8, 4) is 5.75 Å². The molecule has 2 aromatic carbocycles. The number of ether oxygens (including phenoxy) is 3. The number of nitrogens with zero attached hydrogens (tertiary/aromatic N) is 1. The smallest absolute Gasteiger partial charge is 0.337 e. The number of rotatable bonds is 5. The Kier molecular flexibility index (Phi) is 6.67. The minimum Gasteiger partial charge on any atom is -0.490 e. The summed E-state index contributed by atoms with van der Waals surface area (Å²) in [5.74, 6) is 0.951. The van der Waals surface area contributed by atoms with Gasteiger partial charge in [0.1, 0.15) is 5.75 Å². The Bertz CT molecular complexity index is 1130. The van der Waals surface area contributed by atoms with Crippen LogP contribution < -0.4 is 9.64 Å². The molecule has 1 fully saturated rings. The van der Waals surface area contributed by atoms with E-state index in [1.165, 1.54) is 25.2 Å². The molecule has 1 spiro atoms.